The van der Waals surface area contributed by atoms with Crippen molar-refractivity contribution in [2.45, 2.75) is 44.2 Å². The maximum absolute atomic E-state index is 5.73. The van der Waals surface area contributed by atoms with Gasteiger partial charge in [-0.25, -0.2) is 0 Å². The fourth-order valence-electron chi connectivity index (χ4n) is 3.18. The van der Waals surface area contributed by atoms with E-state index in [2.05, 4.69) is 32.5 Å². The summed E-state index contributed by atoms with van der Waals surface area (Å²) in [6.07, 6.45) is 5.80. The Morgan fingerprint density at radius 1 is 1.05 bits per heavy atom. The standard InChI is InChI=1S/C17H22N4O/c1-2-4-13(5-3-1)12-16-19-20-17(22-16)18-14-8-10-21(11-9-14)15-6-7-15/h1-5,14-15H,6-12H2,(H,18,20). The third-order valence-electron chi connectivity index (χ3n) is 4.59. The number of nitrogens with one attached hydrogen (secondary N) is 1. The summed E-state index contributed by atoms with van der Waals surface area (Å²) >= 11 is 0. The summed E-state index contributed by atoms with van der Waals surface area (Å²) in [5.74, 6) is 0.670. The van der Waals surface area contributed by atoms with Gasteiger partial charge in [-0.05, 0) is 31.2 Å². The molecule has 22 heavy (non-hydrogen) atoms. The predicted octanol–water partition coefficient (Wildman–Crippen LogP) is 2.70. The summed E-state index contributed by atoms with van der Waals surface area (Å²) in [7, 11) is 0. The molecule has 1 aliphatic carbocycles. The Morgan fingerprint density at radius 3 is 2.55 bits per heavy atom. The minimum Gasteiger partial charge on any atom is -0.408 e. The number of anilines is 1. The average molecular weight is 298 g/mol. The lowest BCUT2D eigenvalue weighted by atomic mass is 10.1. The fourth-order valence-corrected chi connectivity index (χ4v) is 3.18. The van der Waals surface area contributed by atoms with Crippen LogP contribution in [0.15, 0.2) is 34.7 Å². The highest BCUT2D eigenvalue weighted by atomic mass is 16.4. The van der Waals surface area contributed by atoms with Gasteiger partial charge in [-0.15, -0.1) is 5.10 Å². The number of piperidine rings is 1. The number of aromatic nitrogens is 2. The lowest BCUT2D eigenvalue weighted by Gasteiger charge is -2.31. The second kappa shape index (κ2) is 6.08. The molecule has 1 aliphatic heterocycles. The van der Waals surface area contributed by atoms with E-state index in [1.807, 2.05) is 18.2 Å². The molecule has 1 aromatic heterocycles. The highest BCUT2D eigenvalue weighted by Crippen LogP contribution is 2.29. The minimum atomic E-state index is 0.458. The molecule has 1 saturated carbocycles. The van der Waals surface area contributed by atoms with Crippen LogP contribution in [0.25, 0.3) is 0 Å². The topological polar surface area (TPSA) is 54.2 Å². The SMILES string of the molecule is c1ccc(Cc2nnc(NC3CCN(C4CC4)CC3)o2)cc1. The average Bonchev–Trinajstić information content (AvgIpc) is 3.31. The monoisotopic (exact) mass is 298 g/mol. The van der Waals surface area contributed by atoms with Crippen molar-refractivity contribution >= 4 is 6.01 Å². The van der Waals surface area contributed by atoms with Gasteiger partial charge in [0, 0.05) is 25.2 Å². The summed E-state index contributed by atoms with van der Waals surface area (Å²) < 4.78 is 5.73. The van der Waals surface area contributed by atoms with Crippen molar-refractivity contribution in [2.24, 2.45) is 0 Å². The molecule has 0 bridgehead atoms. The molecule has 5 nitrogen and oxygen atoms in total. The van der Waals surface area contributed by atoms with E-state index < -0.39 is 0 Å². The summed E-state index contributed by atoms with van der Waals surface area (Å²) in [4.78, 5) is 2.62. The third-order valence-corrected chi connectivity index (χ3v) is 4.59. The summed E-state index contributed by atoms with van der Waals surface area (Å²) in [5, 5.41) is 11.7. The van der Waals surface area contributed by atoms with Crippen LogP contribution in [0.1, 0.15) is 37.1 Å². The molecule has 0 unspecified atom stereocenters. The first-order chi connectivity index (χ1) is 10.9. The fraction of sp³-hybridized carbons (Fsp3) is 0.529. The van der Waals surface area contributed by atoms with Crippen molar-refractivity contribution in [1.29, 1.82) is 0 Å². The van der Waals surface area contributed by atoms with Gasteiger partial charge in [0.1, 0.15) is 0 Å². The Hall–Kier alpha value is -1.88. The van der Waals surface area contributed by atoms with Gasteiger partial charge in [0.25, 0.3) is 0 Å². The van der Waals surface area contributed by atoms with Gasteiger partial charge in [-0.2, -0.15) is 0 Å². The van der Waals surface area contributed by atoms with Crippen LogP contribution < -0.4 is 5.32 Å². The Kier molecular flexibility index (Phi) is 3.81. The van der Waals surface area contributed by atoms with Crippen LogP contribution in [0, 0.1) is 0 Å². The molecule has 0 radical (unpaired) electrons. The molecule has 2 heterocycles. The van der Waals surface area contributed by atoms with Gasteiger partial charge in [0.2, 0.25) is 5.89 Å². The van der Waals surface area contributed by atoms with Gasteiger partial charge < -0.3 is 14.6 Å². The van der Waals surface area contributed by atoms with Crippen molar-refractivity contribution in [3.63, 3.8) is 0 Å². The van der Waals surface area contributed by atoms with E-state index in [0.29, 0.717) is 24.4 Å². The zero-order valence-electron chi connectivity index (χ0n) is 12.7. The maximum Gasteiger partial charge on any atom is 0.315 e. The Labute approximate surface area is 130 Å². The van der Waals surface area contributed by atoms with Crippen molar-refractivity contribution in [3.8, 4) is 0 Å². The van der Waals surface area contributed by atoms with E-state index >= 15 is 0 Å². The molecule has 2 aromatic rings. The third kappa shape index (κ3) is 3.30. The van der Waals surface area contributed by atoms with Crippen molar-refractivity contribution < 1.29 is 4.42 Å². The summed E-state index contributed by atoms with van der Waals surface area (Å²) in [5.41, 5.74) is 1.19. The minimum absolute atomic E-state index is 0.458. The zero-order valence-corrected chi connectivity index (χ0v) is 12.7. The molecule has 1 aromatic carbocycles. The summed E-state index contributed by atoms with van der Waals surface area (Å²) in [6, 6.07) is 12.1. The van der Waals surface area contributed by atoms with E-state index in [-0.39, 0.29) is 0 Å². The van der Waals surface area contributed by atoms with Crippen LogP contribution in [-0.4, -0.2) is 40.3 Å². The van der Waals surface area contributed by atoms with Crippen LogP contribution >= 0.6 is 0 Å². The van der Waals surface area contributed by atoms with E-state index in [0.717, 1.165) is 18.9 Å². The molecule has 2 aliphatic rings. The number of hydrogen-bond acceptors (Lipinski definition) is 5. The quantitative estimate of drug-likeness (QED) is 0.920. The molecule has 1 saturated heterocycles. The molecule has 4 rings (SSSR count). The van der Waals surface area contributed by atoms with Gasteiger partial charge in [0.05, 0.1) is 6.42 Å². The molecule has 0 spiro atoms. The number of nitrogens with zero attached hydrogens (tertiary/aromatic N) is 3. The van der Waals surface area contributed by atoms with Crippen LogP contribution in [0.3, 0.4) is 0 Å². The molecule has 1 N–H and O–H groups in total. The van der Waals surface area contributed by atoms with Gasteiger partial charge in [0.15, 0.2) is 0 Å². The Morgan fingerprint density at radius 2 is 1.82 bits per heavy atom. The predicted molar refractivity (Wildman–Crippen MR) is 84.8 cm³/mol. The Balaban J connectivity index is 1.30. The number of rotatable bonds is 5. The van der Waals surface area contributed by atoms with E-state index in [1.165, 1.54) is 31.5 Å². The van der Waals surface area contributed by atoms with Crippen LogP contribution in [-0.2, 0) is 6.42 Å². The lowest BCUT2D eigenvalue weighted by molar-refractivity contribution is 0.209. The van der Waals surface area contributed by atoms with E-state index in [1.54, 1.807) is 0 Å². The largest absolute Gasteiger partial charge is 0.408 e. The first-order valence-corrected chi connectivity index (χ1v) is 8.24. The first-order valence-electron chi connectivity index (χ1n) is 8.24. The smallest absolute Gasteiger partial charge is 0.315 e. The number of hydrogen-bond donors (Lipinski definition) is 1. The normalized spacial score (nSPS) is 20.2. The molecule has 5 heteroatoms. The highest BCUT2D eigenvalue weighted by Gasteiger charge is 2.32. The molecule has 0 amide bonds. The molecule has 2 fully saturated rings. The van der Waals surface area contributed by atoms with Crippen LogP contribution in [0.2, 0.25) is 0 Å². The summed E-state index contributed by atoms with van der Waals surface area (Å²) in [6.45, 7) is 2.38. The molecule has 116 valence electrons. The zero-order chi connectivity index (χ0) is 14.8. The van der Waals surface area contributed by atoms with Crippen LogP contribution in [0.5, 0.6) is 0 Å². The Bertz CT molecular complexity index is 600. The first kappa shape index (κ1) is 13.8. The van der Waals surface area contributed by atoms with Crippen LogP contribution in [0.4, 0.5) is 6.01 Å². The second-order valence-electron chi connectivity index (χ2n) is 6.35. The van der Waals surface area contributed by atoms with Gasteiger partial charge in [-0.1, -0.05) is 35.4 Å². The van der Waals surface area contributed by atoms with E-state index in [4.69, 9.17) is 4.42 Å². The van der Waals surface area contributed by atoms with Crippen molar-refractivity contribution in [1.82, 2.24) is 15.1 Å². The maximum atomic E-state index is 5.73. The number of likely N-dealkylation sites (tertiary alicyclic amines) is 1. The van der Waals surface area contributed by atoms with Crippen molar-refractivity contribution in [2.75, 3.05) is 18.4 Å². The highest BCUT2D eigenvalue weighted by molar-refractivity contribution is 5.22. The molecular weight excluding hydrogens is 276 g/mol. The number of benzene rings is 1. The molecular formula is C17H22N4O. The second-order valence-corrected chi connectivity index (χ2v) is 6.35. The lowest BCUT2D eigenvalue weighted by Crippen LogP contribution is -2.40. The van der Waals surface area contributed by atoms with E-state index in [9.17, 15) is 0 Å². The van der Waals surface area contributed by atoms with Gasteiger partial charge >= 0.3 is 6.01 Å². The van der Waals surface area contributed by atoms with Gasteiger partial charge in [-0.3, -0.25) is 0 Å². The van der Waals surface area contributed by atoms with Crippen molar-refractivity contribution in [3.05, 3.63) is 41.8 Å². The molecule has 0 atom stereocenters.